The molecule has 0 bridgehead atoms. The SMILES string of the molecule is CCC(O)(CCCc1ccc(OC)cc1)CCC(=O)O. The second kappa shape index (κ2) is 7.90. The molecule has 0 aliphatic heterocycles. The van der Waals surface area contributed by atoms with Gasteiger partial charge in [-0.1, -0.05) is 19.1 Å². The van der Waals surface area contributed by atoms with Crippen LogP contribution >= 0.6 is 0 Å². The molecule has 112 valence electrons. The molecule has 0 amide bonds. The quantitative estimate of drug-likeness (QED) is 0.729. The fraction of sp³-hybridized carbons (Fsp3) is 0.562. The van der Waals surface area contributed by atoms with Gasteiger partial charge in [-0.15, -0.1) is 0 Å². The molecule has 1 aromatic rings. The van der Waals surface area contributed by atoms with Gasteiger partial charge in [-0.3, -0.25) is 4.79 Å². The van der Waals surface area contributed by atoms with Gasteiger partial charge in [0.2, 0.25) is 0 Å². The van der Waals surface area contributed by atoms with Gasteiger partial charge < -0.3 is 14.9 Å². The number of methoxy groups -OCH3 is 1. The van der Waals surface area contributed by atoms with Gasteiger partial charge in [-0.25, -0.2) is 0 Å². The summed E-state index contributed by atoms with van der Waals surface area (Å²) in [6.07, 6.45) is 3.27. The minimum Gasteiger partial charge on any atom is -0.497 e. The van der Waals surface area contributed by atoms with Crippen molar-refractivity contribution >= 4 is 5.97 Å². The molecule has 0 aromatic heterocycles. The average molecular weight is 280 g/mol. The molecule has 0 radical (unpaired) electrons. The highest BCUT2D eigenvalue weighted by Crippen LogP contribution is 2.24. The van der Waals surface area contributed by atoms with Crippen LogP contribution in [0.15, 0.2) is 24.3 Å². The summed E-state index contributed by atoms with van der Waals surface area (Å²) in [6, 6.07) is 7.87. The van der Waals surface area contributed by atoms with E-state index in [4.69, 9.17) is 9.84 Å². The van der Waals surface area contributed by atoms with Gasteiger partial charge in [0.1, 0.15) is 5.75 Å². The van der Waals surface area contributed by atoms with Crippen molar-refractivity contribution in [2.24, 2.45) is 0 Å². The molecular weight excluding hydrogens is 256 g/mol. The Balaban J connectivity index is 2.41. The number of ether oxygens (including phenoxy) is 1. The van der Waals surface area contributed by atoms with Crippen LogP contribution in [0.4, 0.5) is 0 Å². The number of rotatable bonds is 9. The third-order valence-corrected chi connectivity index (χ3v) is 3.73. The molecule has 0 fully saturated rings. The molecule has 0 aliphatic rings. The van der Waals surface area contributed by atoms with Gasteiger partial charge in [0.25, 0.3) is 0 Å². The lowest BCUT2D eigenvalue weighted by atomic mass is 9.88. The summed E-state index contributed by atoms with van der Waals surface area (Å²) >= 11 is 0. The predicted octanol–water partition coefficient (Wildman–Crippen LogP) is 3.02. The first-order valence-corrected chi connectivity index (χ1v) is 7.06. The average Bonchev–Trinajstić information content (AvgIpc) is 2.46. The van der Waals surface area contributed by atoms with Crippen molar-refractivity contribution in [2.75, 3.05) is 7.11 Å². The Hall–Kier alpha value is -1.55. The van der Waals surface area contributed by atoms with Gasteiger partial charge in [0.05, 0.1) is 12.7 Å². The Bertz CT molecular complexity index is 413. The highest BCUT2D eigenvalue weighted by atomic mass is 16.5. The van der Waals surface area contributed by atoms with E-state index in [2.05, 4.69) is 0 Å². The first-order chi connectivity index (χ1) is 9.49. The molecule has 0 heterocycles. The maximum Gasteiger partial charge on any atom is 0.303 e. The number of hydrogen-bond acceptors (Lipinski definition) is 3. The van der Waals surface area contributed by atoms with Crippen molar-refractivity contribution in [1.82, 2.24) is 0 Å². The van der Waals surface area contributed by atoms with Gasteiger partial charge in [0.15, 0.2) is 0 Å². The van der Waals surface area contributed by atoms with Gasteiger partial charge in [-0.05, 0) is 49.8 Å². The van der Waals surface area contributed by atoms with E-state index in [0.29, 0.717) is 19.3 Å². The molecule has 4 nitrogen and oxygen atoms in total. The van der Waals surface area contributed by atoms with Crippen LogP contribution in [0.25, 0.3) is 0 Å². The molecule has 20 heavy (non-hydrogen) atoms. The number of carboxylic acids is 1. The molecule has 1 aromatic carbocycles. The van der Waals surface area contributed by atoms with E-state index in [1.807, 2.05) is 31.2 Å². The third-order valence-electron chi connectivity index (χ3n) is 3.73. The monoisotopic (exact) mass is 280 g/mol. The van der Waals surface area contributed by atoms with Crippen LogP contribution in [-0.4, -0.2) is 28.9 Å². The second-order valence-electron chi connectivity index (χ2n) is 5.17. The number of aliphatic carboxylic acids is 1. The Morgan fingerprint density at radius 3 is 2.40 bits per heavy atom. The van der Waals surface area contributed by atoms with Crippen LogP contribution < -0.4 is 4.74 Å². The number of carbonyl (C=O) groups is 1. The Labute approximate surface area is 120 Å². The smallest absolute Gasteiger partial charge is 0.303 e. The van der Waals surface area contributed by atoms with Crippen molar-refractivity contribution in [1.29, 1.82) is 0 Å². The predicted molar refractivity (Wildman–Crippen MR) is 78.0 cm³/mol. The van der Waals surface area contributed by atoms with E-state index < -0.39 is 11.6 Å². The van der Waals surface area contributed by atoms with Crippen LogP contribution in [0.1, 0.15) is 44.6 Å². The Morgan fingerprint density at radius 2 is 1.90 bits per heavy atom. The number of carboxylic acid groups (broad SMARTS) is 1. The summed E-state index contributed by atoms with van der Waals surface area (Å²) in [4.78, 5) is 10.6. The third kappa shape index (κ3) is 5.61. The highest BCUT2D eigenvalue weighted by Gasteiger charge is 2.24. The summed E-state index contributed by atoms with van der Waals surface area (Å²) in [5.74, 6) is -0.0210. The Kier molecular flexibility index (Phi) is 6.52. The minimum atomic E-state index is -0.856. The highest BCUT2D eigenvalue weighted by molar-refractivity contribution is 5.66. The lowest BCUT2D eigenvalue weighted by molar-refractivity contribution is -0.138. The van der Waals surface area contributed by atoms with Crippen LogP contribution in [0.3, 0.4) is 0 Å². The first-order valence-electron chi connectivity index (χ1n) is 7.06. The molecule has 2 N–H and O–H groups in total. The molecule has 0 saturated heterocycles. The van der Waals surface area contributed by atoms with Crippen LogP contribution in [0.2, 0.25) is 0 Å². The zero-order valence-corrected chi connectivity index (χ0v) is 12.3. The Morgan fingerprint density at radius 1 is 1.25 bits per heavy atom. The summed E-state index contributed by atoms with van der Waals surface area (Å²) in [6.45, 7) is 1.90. The van der Waals surface area contributed by atoms with E-state index in [0.717, 1.165) is 18.6 Å². The molecule has 1 rings (SSSR count). The van der Waals surface area contributed by atoms with Gasteiger partial charge >= 0.3 is 5.97 Å². The summed E-state index contributed by atoms with van der Waals surface area (Å²) in [5, 5.41) is 19.0. The first kappa shape index (κ1) is 16.5. The fourth-order valence-corrected chi connectivity index (χ4v) is 2.23. The van der Waals surface area contributed by atoms with E-state index in [9.17, 15) is 9.90 Å². The van der Waals surface area contributed by atoms with Gasteiger partial charge in [-0.2, -0.15) is 0 Å². The van der Waals surface area contributed by atoms with E-state index in [1.165, 1.54) is 5.56 Å². The number of aliphatic hydroxyl groups is 1. The molecule has 4 heteroatoms. The largest absolute Gasteiger partial charge is 0.497 e. The summed E-state index contributed by atoms with van der Waals surface area (Å²) in [7, 11) is 1.64. The van der Waals surface area contributed by atoms with E-state index >= 15 is 0 Å². The molecule has 0 spiro atoms. The van der Waals surface area contributed by atoms with Crippen molar-refractivity contribution in [3.63, 3.8) is 0 Å². The number of hydrogen-bond donors (Lipinski definition) is 2. The van der Waals surface area contributed by atoms with Crippen LogP contribution in [0, 0.1) is 0 Å². The standard InChI is InChI=1S/C16H24O4/c1-3-16(19,12-10-15(17)18)11-4-5-13-6-8-14(20-2)9-7-13/h6-9,19H,3-5,10-12H2,1-2H3,(H,17,18). The second-order valence-corrected chi connectivity index (χ2v) is 5.17. The number of benzene rings is 1. The zero-order chi connectivity index (χ0) is 15.0. The molecule has 0 aliphatic carbocycles. The molecule has 0 saturated carbocycles. The molecular formula is C16H24O4. The zero-order valence-electron chi connectivity index (χ0n) is 12.3. The van der Waals surface area contributed by atoms with Crippen LogP contribution in [-0.2, 0) is 11.2 Å². The normalized spacial score (nSPS) is 13.8. The topological polar surface area (TPSA) is 66.8 Å². The molecule has 1 unspecified atom stereocenters. The number of aryl methyl sites for hydroxylation is 1. The summed E-state index contributed by atoms with van der Waals surface area (Å²) in [5.41, 5.74) is 0.340. The van der Waals surface area contributed by atoms with Crippen molar-refractivity contribution < 1.29 is 19.7 Å². The van der Waals surface area contributed by atoms with E-state index in [-0.39, 0.29) is 6.42 Å². The van der Waals surface area contributed by atoms with Crippen molar-refractivity contribution in [2.45, 2.75) is 51.0 Å². The van der Waals surface area contributed by atoms with Gasteiger partial charge in [0, 0.05) is 6.42 Å². The maximum atomic E-state index is 10.6. The molecule has 1 atom stereocenters. The van der Waals surface area contributed by atoms with Crippen LogP contribution in [0.5, 0.6) is 5.75 Å². The lowest BCUT2D eigenvalue weighted by Crippen LogP contribution is -2.28. The minimum absolute atomic E-state index is 0.0207. The maximum absolute atomic E-state index is 10.6. The van der Waals surface area contributed by atoms with Crippen molar-refractivity contribution in [3.8, 4) is 5.75 Å². The fourth-order valence-electron chi connectivity index (χ4n) is 2.23. The van der Waals surface area contributed by atoms with E-state index in [1.54, 1.807) is 7.11 Å². The lowest BCUT2D eigenvalue weighted by Gasteiger charge is -2.26. The summed E-state index contributed by atoms with van der Waals surface area (Å²) < 4.78 is 5.10. The van der Waals surface area contributed by atoms with Crippen molar-refractivity contribution in [3.05, 3.63) is 29.8 Å².